The number of hydrogen-bond donors (Lipinski definition) is 0. The molecule has 0 fully saturated rings. The molecule has 0 atom stereocenters. The number of halogens is 1. The minimum Gasteiger partial charge on any atom is -0.493 e. The Hall–Kier alpha value is -3.19. The van der Waals surface area contributed by atoms with Gasteiger partial charge in [0.1, 0.15) is 5.75 Å². The smallest absolute Gasteiger partial charge is 0.363 e. The third kappa shape index (κ3) is 4.37. The van der Waals surface area contributed by atoms with Gasteiger partial charge in [-0.25, -0.2) is 9.79 Å². The molecule has 1 aliphatic rings. The predicted molar refractivity (Wildman–Crippen MR) is 106 cm³/mol. The molecule has 0 N–H and O–H groups in total. The van der Waals surface area contributed by atoms with E-state index in [0.717, 1.165) is 12.8 Å². The lowest BCUT2D eigenvalue weighted by molar-refractivity contribution is -0.384. The number of benzene rings is 2. The van der Waals surface area contributed by atoms with Crippen LogP contribution in [0.15, 0.2) is 53.2 Å². The third-order valence-electron chi connectivity index (χ3n) is 3.98. The summed E-state index contributed by atoms with van der Waals surface area (Å²) in [6, 6.07) is 11.1. The molecule has 2 aromatic rings. The largest absolute Gasteiger partial charge is 0.493 e. The molecule has 0 aromatic heterocycles. The summed E-state index contributed by atoms with van der Waals surface area (Å²) in [6.45, 7) is 2.64. The number of nitrogens with zero attached hydrogens (tertiary/aromatic N) is 2. The van der Waals surface area contributed by atoms with Gasteiger partial charge in [0.15, 0.2) is 5.70 Å². The average molecular weight is 401 g/mol. The molecule has 28 heavy (non-hydrogen) atoms. The standard InChI is InChI=1S/C20H17ClN2O5/c1-2-3-10-27-18-7-5-4-6-13(18)11-17-20(24)28-19(22-17)15-12-14(23(25)26)8-9-16(15)21/h4-9,11-12H,2-3,10H2,1H3. The van der Waals surface area contributed by atoms with Crippen LogP contribution in [0.2, 0.25) is 5.02 Å². The molecule has 3 rings (SSSR count). The van der Waals surface area contributed by atoms with E-state index in [4.69, 9.17) is 21.1 Å². The van der Waals surface area contributed by atoms with Crippen molar-refractivity contribution in [3.63, 3.8) is 0 Å². The van der Waals surface area contributed by atoms with E-state index in [2.05, 4.69) is 11.9 Å². The number of carbonyl (C=O) groups excluding carboxylic acids is 1. The highest BCUT2D eigenvalue weighted by Crippen LogP contribution is 2.28. The number of cyclic esters (lactones) is 1. The SMILES string of the molecule is CCCCOc1ccccc1C=C1N=C(c2cc([N+](=O)[O-])ccc2Cl)OC1=O. The lowest BCUT2D eigenvalue weighted by Crippen LogP contribution is -2.06. The van der Waals surface area contributed by atoms with Crippen LogP contribution in [0.3, 0.4) is 0 Å². The molecule has 144 valence electrons. The van der Waals surface area contributed by atoms with Gasteiger partial charge in [-0.05, 0) is 24.6 Å². The van der Waals surface area contributed by atoms with Gasteiger partial charge in [-0.1, -0.05) is 43.1 Å². The number of carbonyl (C=O) groups is 1. The van der Waals surface area contributed by atoms with Gasteiger partial charge in [0.05, 0.1) is 22.1 Å². The summed E-state index contributed by atoms with van der Waals surface area (Å²) in [5.74, 6) is -0.108. The summed E-state index contributed by atoms with van der Waals surface area (Å²) < 4.78 is 10.9. The van der Waals surface area contributed by atoms with Gasteiger partial charge in [-0.3, -0.25) is 10.1 Å². The fraction of sp³-hybridized carbons (Fsp3) is 0.200. The van der Waals surface area contributed by atoms with Crippen LogP contribution in [0.1, 0.15) is 30.9 Å². The number of esters is 1. The first kappa shape index (κ1) is 19.6. The van der Waals surface area contributed by atoms with Crippen molar-refractivity contribution in [3.05, 3.63) is 74.4 Å². The van der Waals surface area contributed by atoms with Crippen LogP contribution in [0, 0.1) is 10.1 Å². The van der Waals surface area contributed by atoms with Crippen molar-refractivity contribution < 1.29 is 19.2 Å². The van der Waals surface area contributed by atoms with Crippen molar-refractivity contribution in [2.75, 3.05) is 6.61 Å². The monoisotopic (exact) mass is 400 g/mol. The molecule has 0 bridgehead atoms. The molecule has 0 amide bonds. The van der Waals surface area contributed by atoms with E-state index in [1.807, 2.05) is 18.2 Å². The first-order valence-electron chi connectivity index (χ1n) is 8.68. The van der Waals surface area contributed by atoms with Crippen LogP contribution in [0.5, 0.6) is 5.75 Å². The van der Waals surface area contributed by atoms with Crippen molar-refractivity contribution >= 4 is 35.2 Å². The van der Waals surface area contributed by atoms with E-state index >= 15 is 0 Å². The second-order valence-electron chi connectivity index (χ2n) is 6.00. The normalized spacial score (nSPS) is 14.7. The maximum atomic E-state index is 12.2. The summed E-state index contributed by atoms with van der Waals surface area (Å²) in [6.07, 6.45) is 3.48. The van der Waals surface area contributed by atoms with Crippen LogP contribution in [-0.2, 0) is 9.53 Å². The van der Waals surface area contributed by atoms with Crippen molar-refractivity contribution in [1.29, 1.82) is 0 Å². The van der Waals surface area contributed by atoms with Crippen LogP contribution in [0.25, 0.3) is 6.08 Å². The summed E-state index contributed by atoms with van der Waals surface area (Å²) in [4.78, 5) is 26.8. The number of ether oxygens (including phenoxy) is 2. The van der Waals surface area contributed by atoms with Gasteiger partial charge < -0.3 is 9.47 Å². The molecule has 1 aliphatic heterocycles. The summed E-state index contributed by atoms with van der Waals surface area (Å²) in [7, 11) is 0. The van der Waals surface area contributed by atoms with Gasteiger partial charge in [0.2, 0.25) is 5.90 Å². The Morgan fingerprint density at radius 2 is 2.07 bits per heavy atom. The Morgan fingerprint density at radius 1 is 1.29 bits per heavy atom. The molecule has 8 heteroatoms. The molecule has 2 aromatic carbocycles. The number of nitro groups is 1. The number of unbranched alkanes of at least 4 members (excludes halogenated alkanes) is 1. The first-order valence-corrected chi connectivity index (χ1v) is 9.06. The second-order valence-corrected chi connectivity index (χ2v) is 6.40. The van der Waals surface area contributed by atoms with Gasteiger partial charge in [-0.15, -0.1) is 0 Å². The van der Waals surface area contributed by atoms with Gasteiger partial charge >= 0.3 is 5.97 Å². The third-order valence-corrected chi connectivity index (χ3v) is 4.31. The Kier molecular flexibility index (Phi) is 6.06. The number of non-ortho nitro benzene ring substituents is 1. The van der Waals surface area contributed by atoms with E-state index in [9.17, 15) is 14.9 Å². The maximum Gasteiger partial charge on any atom is 0.363 e. The number of hydrogen-bond acceptors (Lipinski definition) is 6. The highest BCUT2D eigenvalue weighted by Gasteiger charge is 2.27. The van der Waals surface area contributed by atoms with E-state index in [1.54, 1.807) is 12.1 Å². The zero-order valence-corrected chi connectivity index (χ0v) is 15.8. The predicted octanol–water partition coefficient (Wildman–Crippen LogP) is 4.77. The van der Waals surface area contributed by atoms with Crippen molar-refractivity contribution in [2.24, 2.45) is 4.99 Å². The van der Waals surface area contributed by atoms with Crippen LogP contribution in [0.4, 0.5) is 5.69 Å². The number of nitro benzene ring substituents is 1. The van der Waals surface area contributed by atoms with E-state index < -0.39 is 10.9 Å². The molecule has 0 saturated carbocycles. The van der Waals surface area contributed by atoms with Crippen molar-refractivity contribution in [2.45, 2.75) is 19.8 Å². The molecule has 1 heterocycles. The fourth-order valence-corrected chi connectivity index (χ4v) is 2.72. The Morgan fingerprint density at radius 3 is 2.82 bits per heavy atom. The van der Waals surface area contributed by atoms with Gasteiger partial charge in [0, 0.05) is 17.7 Å². The van der Waals surface area contributed by atoms with E-state index in [1.165, 1.54) is 18.2 Å². The van der Waals surface area contributed by atoms with E-state index in [-0.39, 0.29) is 27.9 Å². The van der Waals surface area contributed by atoms with Gasteiger partial charge in [-0.2, -0.15) is 0 Å². The van der Waals surface area contributed by atoms with Crippen LogP contribution >= 0.6 is 11.6 Å². The second kappa shape index (κ2) is 8.67. The molecule has 0 aliphatic carbocycles. The highest BCUT2D eigenvalue weighted by atomic mass is 35.5. The highest BCUT2D eigenvalue weighted by molar-refractivity contribution is 6.34. The molecule has 0 unspecified atom stereocenters. The van der Waals surface area contributed by atoms with Gasteiger partial charge in [0.25, 0.3) is 5.69 Å². The first-order chi connectivity index (χ1) is 13.5. The lowest BCUT2D eigenvalue weighted by atomic mass is 10.1. The maximum absolute atomic E-state index is 12.2. The summed E-state index contributed by atoms with van der Waals surface area (Å²) in [5.41, 5.74) is 0.746. The lowest BCUT2D eigenvalue weighted by Gasteiger charge is -2.08. The molecular weight excluding hydrogens is 384 g/mol. The van der Waals surface area contributed by atoms with Crippen molar-refractivity contribution in [3.8, 4) is 5.75 Å². The number of aliphatic imine (C=N–C) groups is 1. The van der Waals surface area contributed by atoms with E-state index in [0.29, 0.717) is 17.9 Å². The average Bonchev–Trinajstić information content (AvgIpc) is 3.03. The summed E-state index contributed by atoms with van der Waals surface area (Å²) in [5, 5.41) is 11.2. The molecular formula is C20H17ClN2O5. The Labute approximate surface area is 166 Å². The zero-order valence-electron chi connectivity index (χ0n) is 15.1. The fourth-order valence-electron chi connectivity index (χ4n) is 2.52. The molecule has 0 radical (unpaired) electrons. The minimum absolute atomic E-state index is 0.0594. The molecule has 7 nitrogen and oxygen atoms in total. The molecule has 0 spiro atoms. The van der Waals surface area contributed by atoms with Crippen LogP contribution in [-0.4, -0.2) is 23.4 Å². The Bertz CT molecular complexity index is 984. The summed E-state index contributed by atoms with van der Waals surface area (Å²) >= 11 is 6.10. The number of para-hydroxylation sites is 1. The Balaban J connectivity index is 1.93. The minimum atomic E-state index is -0.666. The quantitative estimate of drug-likeness (QED) is 0.219. The number of rotatable bonds is 7. The zero-order chi connectivity index (χ0) is 20.1. The topological polar surface area (TPSA) is 91.0 Å². The van der Waals surface area contributed by atoms with Crippen molar-refractivity contribution in [1.82, 2.24) is 0 Å². The van der Waals surface area contributed by atoms with Crippen LogP contribution < -0.4 is 4.74 Å². The molecule has 0 saturated heterocycles.